The molecular formula is C20H28N4O3. The smallest absolute Gasteiger partial charge is 0.408 e. The van der Waals surface area contributed by atoms with Gasteiger partial charge in [-0.15, -0.1) is 0 Å². The Labute approximate surface area is 160 Å². The average Bonchev–Trinajstić information content (AvgIpc) is 3.06. The summed E-state index contributed by atoms with van der Waals surface area (Å²) in [5.74, 6) is -0.260. The van der Waals surface area contributed by atoms with Crippen molar-refractivity contribution in [3.63, 3.8) is 0 Å². The van der Waals surface area contributed by atoms with Gasteiger partial charge in [0.15, 0.2) is 0 Å². The first-order valence-corrected chi connectivity index (χ1v) is 9.04. The molecule has 0 radical (unpaired) electrons. The van der Waals surface area contributed by atoms with E-state index in [1.165, 1.54) is 0 Å². The Bertz CT molecular complexity index is 723. The fourth-order valence-corrected chi connectivity index (χ4v) is 2.59. The summed E-state index contributed by atoms with van der Waals surface area (Å²) in [5, 5.41) is 9.77. The maximum atomic E-state index is 12.8. The number of carbonyl (C=O) groups is 2. The SMILES string of the molecule is C[C@H](Cn1cccn1)NC(=O)[C@H](Cc1ccccc1)NC(=O)OC(C)(C)C. The summed E-state index contributed by atoms with van der Waals surface area (Å²) >= 11 is 0. The molecule has 0 unspecified atom stereocenters. The number of nitrogens with one attached hydrogen (secondary N) is 2. The van der Waals surface area contributed by atoms with E-state index in [2.05, 4.69) is 15.7 Å². The van der Waals surface area contributed by atoms with Crippen molar-refractivity contribution in [3.05, 3.63) is 54.4 Å². The second-order valence-electron chi connectivity index (χ2n) is 7.53. The number of carbonyl (C=O) groups excluding carboxylic acids is 2. The van der Waals surface area contributed by atoms with E-state index in [-0.39, 0.29) is 11.9 Å². The number of hydrogen-bond acceptors (Lipinski definition) is 4. The standard InChI is InChI=1S/C20H28N4O3/c1-15(14-24-12-8-11-21-24)22-18(25)17(13-16-9-6-5-7-10-16)23-19(26)27-20(2,3)4/h5-12,15,17H,13-14H2,1-4H3,(H,22,25)(H,23,26)/t15-,17+/m1/s1. The Hall–Kier alpha value is -2.83. The highest BCUT2D eigenvalue weighted by atomic mass is 16.6. The lowest BCUT2D eigenvalue weighted by molar-refractivity contribution is -0.123. The highest BCUT2D eigenvalue weighted by Gasteiger charge is 2.25. The normalized spacial score (nSPS) is 13.5. The van der Waals surface area contributed by atoms with E-state index in [0.29, 0.717) is 13.0 Å². The summed E-state index contributed by atoms with van der Waals surface area (Å²) in [6.45, 7) is 7.79. The number of amides is 2. The first-order valence-electron chi connectivity index (χ1n) is 9.04. The van der Waals surface area contributed by atoms with Crippen molar-refractivity contribution < 1.29 is 14.3 Å². The molecular weight excluding hydrogens is 344 g/mol. The largest absolute Gasteiger partial charge is 0.444 e. The lowest BCUT2D eigenvalue weighted by Crippen LogP contribution is -2.51. The molecule has 2 aromatic rings. The van der Waals surface area contributed by atoms with Crippen LogP contribution in [0.4, 0.5) is 4.79 Å². The van der Waals surface area contributed by atoms with Crippen molar-refractivity contribution in [1.29, 1.82) is 0 Å². The van der Waals surface area contributed by atoms with Gasteiger partial charge < -0.3 is 15.4 Å². The molecule has 1 aromatic carbocycles. The monoisotopic (exact) mass is 372 g/mol. The van der Waals surface area contributed by atoms with Gasteiger partial charge in [0.1, 0.15) is 11.6 Å². The summed E-state index contributed by atoms with van der Waals surface area (Å²) in [4.78, 5) is 25.0. The lowest BCUT2D eigenvalue weighted by Gasteiger charge is -2.24. The van der Waals surface area contributed by atoms with Gasteiger partial charge in [-0.25, -0.2) is 4.79 Å². The van der Waals surface area contributed by atoms with Gasteiger partial charge in [0, 0.05) is 24.9 Å². The van der Waals surface area contributed by atoms with Gasteiger partial charge in [0.05, 0.1) is 6.54 Å². The first-order chi connectivity index (χ1) is 12.7. The van der Waals surface area contributed by atoms with Crippen LogP contribution in [0, 0.1) is 0 Å². The van der Waals surface area contributed by atoms with Gasteiger partial charge in [-0.2, -0.15) is 5.10 Å². The van der Waals surface area contributed by atoms with Crippen LogP contribution in [0.2, 0.25) is 0 Å². The maximum Gasteiger partial charge on any atom is 0.408 e. The third kappa shape index (κ3) is 7.52. The van der Waals surface area contributed by atoms with E-state index < -0.39 is 17.7 Å². The van der Waals surface area contributed by atoms with Crippen molar-refractivity contribution in [3.8, 4) is 0 Å². The van der Waals surface area contributed by atoms with Crippen molar-refractivity contribution in [2.75, 3.05) is 0 Å². The number of rotatable bonds is 7. The zero-order valence-corrected chi connectivity index (χ0v) is 16.3. The van der Waals surface area contributed by atoms with Crippen molar-refractivity contribution in [1.82, 2.24) is 20.4 Å². The maximum absolute atomic E-state index is 12.8. The Balaban J connectivity index is 2.02. The van der Waals surface area contributed by atoms with Crippen LogP contribution in [0.25, 0.3) is 0 Å². The fourth-order valence-electron chi connectivity index (χ4n) is 2.59. The van der Waals surface area contributed by atoms with Crippen LogP contribution in [0.15, 0.2) is 48.8 Å². The molecule has 0 aliphatic carbocycles. The van der Waals surface area contributed by atoms with Crippen LogP contribution in [-0.4, -0.2) is 39.5 Å². The minimum absolute atomic E-state index is 0.142. The molecule has 27 heavy (non-hydrogen) atoms. The number of benzene rings is 1. The quantitative estimate of drug-likeness (QED) is 0.782. The molecule has 0 aliphatic rings. The molecule has 0 fully saturated rings. The molecule has 146 valence electrons. The molecule has 0 aliphatic heterocycles. The second-order valence-corrected chi connectivity index (χ2v) is 7.53. The molecule has 0 saturated carbocycles. The Morgan fingerprint density at radius 2 is 1.85 bits per heavy atom. The molecule has 2 rings (SSSR count). The van der Waals surface area contributed by atoms with Crippen LogP contribution in [-0.2, 0) is 22.5 Å². The minimum atomic E-state index is -0.734. The molecule has 7 nitrogen and oxygen atoms in total. The van der Waals surface area contributed by atoms with Gasteiger partial charge in [-0.3, -0.25) is 9.48 Å². The molecule has 1 heterocycles. The highest BCUT2D eigenvalue weighted by molar-refractivity contribution is 5.86. The number of ether oxygens (including phenoxy) is 1. The van der Waals surface area contributed by atoms with Crippen LogP contribution in [0.1, 0.15) is 33.3 Å². The molecule has 1 aromatic heterocycles. The van der Waals surface area contributed by atoms with Gasteiger partial charge >= 0.3 is 6.09 Å². The molecule has 0 saturated heterocycles. The lowest BCUT2D eigenvalue weighted by atomic mass is 10.1. The van der Waals surface area contributed by atoms with E-state index in [1.807, 2.05) is 49.5 Å². The van der Waals surface area contributed by atoms with Crippen molar-refractivity contribution >= 4 is 12.0 Å². The summed E-state index contributed by atoms with van der Waals surface area (Å²) in [6, 6.07) is 10.5. The van der Waals surface area contributed by atoms with Crippen molar-refractivity contribution in [2.24, 2.45) is 0 Å². The highest BCUT2D eigenvalue weighted by Crippen LogP contribution is 2.09. The van der Waals surface area contributed by atoms with Crippen LogP contribution in [0.3, 0.4) is 0 Å². The Morgan fingerprint density at radius 3 is 2.44 bits per heavy atom. The number of hydrogen-bond donors (Lipinski definition) is 2. The van der Waals surface area contributed by atoms with Crippen LogP contribution >= 0.6 is 0 Å². The topological polar surface area (TPSA) is 85.3 Å². The third-order valence-corrected chi connectivity index (χ3v) is 3.70. The van der Waals surface area contributed by atoms with E-state index in [9.17, 15) is 9.59 Å². The van der Waals surface area contributed by atoms with Gasteiger partial charge in [0.25, 0.3) is 0 Å². The molecule has 2 amide bonds. The molecule has 7 heteroatoms. The first kappa shape index (κ1) is 20.5. The van der Waals surface area contributed by atoms with E-state index >= 15 is 0 Å². The van der Waals surface area contributed by atoms with Crippen molar-refractivity contribution in [2.45, 2.75) is 58.3 Å². The zero-order valence-electron chi connectivity index (χ0n) is 16.3. The molecule has 2 N–H and O–H groups in total. The van der Waals surface area contributed by atoms with E-state index in [1.54, 1.807) is 31.6 Å². The number of aromatic nitrogens is 2. The third-order valence-electron chi connectivity index (χ3n) is 3.70. The van der Waals surface area contributed by atoms with Crippen LogP contribution < -0.4 is 10.6 Å². The Morgan fingerprint density at radius 1 is 1.15 bits per heavy atom. The van der Waals surface area contributed by atoms with Gasteiger partial charge in [0.2, 0.25) is 5.91 Å². The predicted octanol–water partition coefficient (Wildman–Crippen LogP) is 2.52. The zero-order chi connectivity index (χ0) is 19.9. The summed E-state index contributed by atoms with van der Waals surface area (Å²) in [7, 11) is 0. The number of alkyl carbamates (subject to hydrolysis) is 1. The molecule has 0 spiro atoms. The minimum Gasteiger partial charge on any atom is -0.444 e. The summed E-state index contributed by atoms with van der Waals surface area (Å²) < 4.78 is 7.05. The molecule has 0 bridgehead atoms. The van der Waals surface area contributed by atoms with Gasteiger partial charge in [-0.05, 0) is 39.3 Å². The van der Waals surface area contributed by atoms with Crippen LogP contribution in [0.5, 0.6) is 0 Å². The molecule has 2 atom stereocenters. The fraction of sp³-hybridized carbons (Fsp3) is 0.450. The Kier molecular flexibility index (Phi) is 6.98. The predicted molar refractivity (Wildman–Crippen MR) is 103 cm³/mol. The summed E-state index contributed by atoms with van der Waals surface area (Å²) in [6.07, 6.45) is 3.29. The second kappa shape index (κ2) is 9.21. The summed E-state index contributed by atoms with van der Waals surface area (Å²) in [5.41, 5.74) is 0.319. The van der Waals surface area contributed by atoms with E-state index in [4.69, 9.17) is 4.74 Å². The van der Waals surface area contributed by atoms with Gasteiger partial charge in [-0.1, -0.05) is 30.3 Å². The average molecular weight is 372 g/mol. The van der Waals surface area contributed by atoms with E-state index in [0.717, 1.165) is 5.56 Å². The number of nitrogens with zero attached hydrogens (tertiary/aromatic N) is 2.